The number of benzene rings is 1. The highest BCUT2D eigenvalue weighted by atomic mass is 32.2. The van der Waals surface area contributed by atoms with Gasteiger partial charge < -0.3 is 0 Å². The van der Waals surface area contributed by atoms with Crippen LogP contribution in [0.5, 0.6) is 0 Å². The average Bonchev–Trinajstić information content (AvgIpc) is 2.04. The molecule has 0 heterocycles. The second kappa shape index (κ2) is 3.97. The summed E-state index contributed by atoms with van der Waals surface area (Å²) in [5.41, 5.74) is -1.04. The first-order valence-corrected chi connectivity index (χ1v) is 6.14. The smallest absolute Gasteiger partial charge is 0.283 e. The molecule has 0 fully saturated rings. The molecule has 1 aromatic rings. The number of aryl methyl sites for hydroxylation is 1. The third kappa shape index (κ3) is 3.41. The predicted molar refractivity (Wildman–Crippen MR) is 54.6 cm³/mol. The van der Waals surface area contributed by atoms with Crippen molar-refractivity contribution in [1.29, 1.82) is 0 Å². The van der Waals surface area contributed by atoms with Crippen molar-refractivity contribution in [2.75, 3.05) is 11.0 Å². The molecular weight excluding hydrogens is 243 g/mol. The van der Waals surface area contributed by atoms with Crippen molar-refractivity contribution in [3.63, 3.8) is 0 Å². The Kier molecular flexibility index (Phi) is 3.18. The van der Waals surface area contributed by atoms with Crippen molar-refractivity contribution in [3.8, 4) is 0 Å². The van der Waals surface area contributed by atoms with Gasteiger partial charge in [0.15, 0.2) is 0 Å². The van der Waals surface area contributed by atoms with E-state index < -0.39 is 27.5 Å². The molecule has 0 radical (unpaired) electrons. The van der Waals surface area contributed by atoms with Gasteiger partial charge in [-0.2, -0.15) is 13.2 Å². The van der Waals surface area contributed by atoms with Crippen LogP contribution in [0.15, 0.2) is 18.2 Å². The van der Waals surface area contributed by atoms with Crippen molar-refractivity contribution in [1.82, 2.24) is 0 Å². The highest BCUT2D eigenvalue weighted by Crippen LogP contribution is 2.35. The number of rotatable bonds is 2. The van der Waals surface area contributed by atoms with E-state index in [0.29, 0.717) is 5.56 Å². The summed E-state index contributed by atoms with van der Waals surface area (Å²) in [4.78, 5) is 0. The first-order chi connectivity index (χ1) is 7.09. The van der Waals surface area contributed by atoms with Crippen LogP contribution in [0.4, 0.5) is 18.9 Å². The summed E-state index contributed by atoms with van der Waals surface area (Å²) < 4.78 is 61.3. The van der Waals surface area contributed by atoms with Gasteiger partial charge in [-0.15, -0.1) is 0 Å². The Morgan fingerprint density at radius 2 is 1.81 bits per heavy atom. The zero-order chi connectivity index (χ0) is 12.6. The third-order valence-electron chi connectivity index (χ3n) is 1.78. The van der Waals surface area contributed by atoms with Crippen molar-refractivity contribution in [3.05, 3.63) is 29.3 Å². The van der Waals surface area contributed by atoms with Crippen LogP contribution >= 0.6 is 0 Å². The van der Waals surface area contributed by atoms with Gasteiger partial charge in [0.05, 0.1) is 17.5 Å². The topological polar surface area (TPSA) is 46.2 Å². The average molecular weight is 253 g/mol. The second-order valence-electron chi connectivity index (χ2n) is 3.42. The Labute approximate surface area is 91.3 Å². The molecule has 1 N–H and O–H groups in total. The van der Waals surface area contributed by atoms with Gasteiger partial charge in [0, 0.05) is 0 Å². The number of hydrogen-bond donors (Lipinski definition) is 1. The Hall–Kier alpha value is -1.24. The molecular formula is C9H10F3NO2S. The molecule has 1 aromatic carbocycles. The second-order valence-corrected chi connectivity index (χ2v) is 5.17. The van der Waals surface area contributed by atoms with Crippen LogP contribution < -0.4 is 4.72 Å². The number of nitrogens with one attached hydrogen (secondary N) is 1. The van der Waals surface area contributed by atoms with Gasteiger partial charge in [-0.25, -0.2) is 8.42 Å². The number of sulfonamides is 1. The number of hydrogen-bond acceptors (Lipinski definition) is 2. The maximum absolute atomic E-state index is 12.6. The predicted octanol–water partition coefficient (Wildman–Crippen LogP) is 2.39. The fourth-order valence-corrected chi connectivity index (χ4v) is 1.76. The van der Waals surface area contributed by atoms with Crippen molar-refractivity contribution in [2.24, 2.45) is 0 Å². The molecule has 16 heavy (non-hydrogen) atoms. The van der Waals surface area contributed by atoms with E-state index in [0.717, 1.165) is 18.4 Å². The molecule has 0 unspecified atom stereocenters. The van der Waals surface area contributed by atoms with Gasteiger partial charge >= 0.3 is 6.18 Å². The van der Waals surface area contributed by atoms with E-state index in [1.165, 1.54) is 13.0 Å². The van der Waals surface area contributed by atoms with Gasteiger partial charge in [0.1, 0.15) is 0 Å². The summed E-state index contributed by atoms with van der Waals surface area (Å²) in [6.45, 7) is 1.50. The van der Waals surface area contributed by atoms with E-state index in [9.17, 15) is 21.6 Å². The molecule has 0 bridgehead atoms. The molecule has 0 spiro atoms. The number of anilines is 1. The summed E-state index contributed by atoms with van der Waals surface area (Å²) in [7, 11) is -3.72. The van der Waals surface area contributed by atoms with Crippen LogP contribution in [0.3, 0.4) is 0 Å². The molecule has 7 heteroatoms. The maximum Gasteiger partial charge on any atom is 0.418 e. The minimum Gasteiger partial charge on any atom is -0.283 e. The lowest BCUT2D eigenvalue weighted by Gasteiger charge is -2.14. The SMILES string of the molecule is Cc1ccc(NS(C)(=O)=O)c(C(F)(F)F)c1. The first-order valence-electron chi connectivity index (χ1n) is 4.25. The van der Waals surface area contributed by atoms with E-state index >= 15 is 0 Å². The van der Waals surface area contributed by atoms with Crippen LogP contribution in [0.2, 0.25) is 0 Å². The van der Waals surface area contributed by atoms with Crippen LogP contribution in [-0.4, -0.2) is 14.7 Å². The van der Waals surface area contributed by atoms with E-state index in [1.54, 1.807) is 0 Å². The fraction of sp³-hybridized carbons (Fsp3) is 0.333. The minimum absolute atomic E-state index is 0.409. The van der Waals surface area contributed by atoms with E-state index in [-0.39, 0.29) is 0 Å². The number of alkyl halides is 3. The van der Waals surface area contributed by atoms with Gasteiger partial charge in [-0.3, -0.25) is 4.72 Å². The standard InChI is InChI=1S/C9H10F3NO2S/c1-6-3-4-8(13-16(2,14)15)7(5-6)9(10,11)12/h3-5,13H,1-2H3. The van der Waals surface area contributed by atoms with E-state index in [1.807, 2.05) is 4.72 Å². The first kappa shape index (κ1) is 12.8. The molecule has 0 saturated carbocycles. The minimum atomic E-state index is -4.58. The summed E-state index contributed by atoms with van der Waals surface area (Å²) in [5.74, 6) is 0. The molecule has 0 aromatic heterocycles. The van der Waals surface area contributed by atoms with Crippen molar-refractivity contribution >= 4 is 15.7 Å². The van der Waals surface area contributed by atoms with Crippen molar-refractivity contribution in [2.45, 2.75) is 13.1 Å². The fourth-order valence-electron chi connectivity index (χ4n) is 1.18. The lowest BCUT2D eigenvalue weighted by molar-refractivity contribution is -0.136. The highest BCUT2D eigenvalue weighted by Gasteiger charge is 2.34. The van der Waals surface area contributed by atoms with Crippen LogP contribution in [0, 0.1) is 6.92 Å². The summed E-state index contributed by atoms with van der Waals surface area (Å²) in [6.07, 6.45) is -3.79. The van der Waals surface area contributed by atoms with Crippen molar-refractivity contribution < 1.29 is 21.6 Å². The van der Waals surface area contributed by atoms with E-state index in [4.69, 9.17) is 0 Å². The summed E-state index contributed by atoms with van der Waals surface area (Å²) in [6, 6.07) is 3.40. The molecule has 0 amide bonds. The quantitative estimate of drug-likeness (QED) is 0.879. The maximum atomic E-state index is 12.6. The lowest BCUT2D eigenvalue weighted by Crippen LogP contribution is -2.15. The van der Waals surface area contributed by atoms with E-state index in [2.05, 4.69) is 0 Å². The van der Waals surface area contributed by atoms with Gasteiger partial charge in [-0.05, 0) is 19.1 Å². The summed E-state index contributed by atoms with van der Waals surface area (Å²) in [5, 5.41) is 0. The normalized spacial score (nSPS) is 12.6. The zero-order valence-corrected chi connectivity index (χ0v) is 9.41. The molecule has 0 aliphatic heterocycles. The zero-order valence-electron chi connectivity index (χ0n) is 8.59. The molecule has 0 saturated heterocycles. The largest absolute Gasteiger partial charge is 0.418 e. The molecule has 0 atom stereocenters. The molecule has 90 valence electrons. The lowest BCUT2D eigenvalue weighted by atomic mass is 10.1. The molecule has 1 rings (SSSR count). The third-order valence-corrected chi connectivity index (χ3v) is 2.37. The van der Waals surface area contributed by atoms with Gasteiger partial charge in [0.25, 0.3) is 0 Å². The molecule has 0 aliphatic carbocycles. The Balaban J connectivity index is 3.29. The molecule has 3 nitrogen and oxygen atoms in total. The van der Waals surface area contributed by atoms with Gasteiger partial charge in [0.2, 0.25) is 10.0 Å². The monoisotopic (exact) mass is 253 g/mol. The Morgan fingerprint density at radius 3 is 2.25 bits per heavy atom. The van der Waals surface area contributed by atoms with Crippen LogP contribution in [0.25, 0.3) is 0 Å². The van der Waals surface area contributed by atoms with Gasteiger partial charge in [-0.1, -0.05) is 11.6 Å². The molecule has 0 aliphatic rings. The Morgan fingerprint density at radius 1 is 1.25 bits per heavy atom. The van der Waals surface area contributed by atoms with Crippen LogP contribution in [0.1, 0.15) is 11.1 Å². The van der Waals surface area contributed by atoms with Crippen LogP contribution in [-0.2, 0) is 16.2 Å². The number of halogens is 3. The Bertz CT molecular complexity index is 494. The highest BCUT2D eigenvalue weighted by molar-refractivity contribution is 7.92. The summed E-state index contributed by atoms with van der Waals surface area (Å²) >= 11 is 0.